The van der Waals surface area contributed by atoms with Crippen molar-refractivity contribution in [1.82, 2.24) is 24.7 Å². The SMILES string of the molecule is [CH2]Cc1nc(N)nn1-c1ncccn1. The van der Waals surface area contributed by atoms with Gasteiger partial charge in [0.15, 0.2) is 0 Å². The van der Waals surface area contributed by atoms with Crippen LogP contribution in [0.3, 0.4) is 0 Å². The second-order valence-corrected chi connectivity index (χ2v) is 2.60. The van der Waals surface area contributed by atoms with Crippen molar-refractivity contribution < 1.29 is 0 Å². The molecule has 0 aromatic carbocycles. The van der Waals surface area contributed by atoms with Gasteiger partial charge in [-0.2, -0.15) is 9.67 Å². The Hall–Kier alpha value is -1.98. The third-order valence-electron chi connectivity index (χ3n) is 1.66. The summed E-state index contributed by atoms with van der Waals surface area (Å²) < 4.78 is 1.49. The van der Waals surface area contributed by atoms with Crippen molar-refractivity contribution in [2.24, 2.45) is 0 Å². The molecule has 0 unspecified atom stereocenters. The van der Waals surface area contributed by atoms with E-state index in [4.69, 9.17) is 5.73 Å². The highest BCUT2D eigenvalue weighted by Crippen LogP contribution is 2.05. The zero-order valence-corrected chi connectivity index (χ0v) is 7.46. The van der Waals surface area contributed by atoms with Gasteiger partial charge in [-0.15, -0.1) is 5.10 Å². The van der Waals surface area contributed by atoms with Crippen LogP contribution in [0.5, 0.6) is 0 Å². The fourth-order valence-corrected chi connectivity index (χ4v) is 1.08. The van der Waals surface area contributed by atoms with Gasteiger partial charge in [0.05, 0.1) is 0 Å². The van der Waals surface area contributed by atoms with Crippen LogP contribution in [0.15, 0.2) is 18.5 Å². The van der Waals surface area contributed by atoms with Crippen LogP contribution in [0.4, 0.5) is 5.95 Å². The van der Waals surface area contributed by atoms with E-state index in [-0.39, 0.29) is 5.95 Å². The zero-order chi connectivity index (χ0) is 9.97. The molecule has 0 saturated carbocycles. The minimum atomic E-state index is 0.205. The van der Waals surface area contributed by atoms with E-state index in [0.717, 1.165) is 0 Å². The van der Waals surface area contributed by atoms with Gasteiger partial charge in [-0.1, -0.05) is 0 Å². The number of nitrogens with two attached hydrogens (primary N) is 1. The molecule has 2 N–H and O–H groups in total. The average molecular weight is 189 g/mol. The first-order chi connectivity index (χ1) is 6.81. The van der Waals surface area contributed by atoms with Crippen molar-refractivity contribution in [3.05, 3.63) is 31.2 Å². The first-order valence-electron chi connectivity index (χ1n) is 4.09. The number of anilines is 1. The van der Waals surface area contributed by atoms with E-state index in [1.165, 1.54) is 4.68 Å². The average Bonchev–Trinajstić information content (AvgIpc) is 2.61. The molecule has 1 radical (unpaired) electrons. The van der Waals surface area contributed by atoms with Crippen LogP contribution in [-0.2, 0) is 6.42 Å². The summed E-state index contributed by atoms with van der Waals surface area (Å²) >= 11 is 0. The Morgan fingerprint density at radius 2 is 2.07 bits per heavy atom. The van der Waals surface area contributed by atoms with Crippen LogP contribution >= 0.6 is 0 Å². The highest BCUT2D eigenvalue weighted by Gasteiger charge is 2.08. The maximum Gasteiger partial charge on any atom is 0.252 e. The lowest BCUT2D eigenvalue weighted by molar-refractivity contribution is 0.764. The minimum absolute atomic E-state index is 0.205. The van der Waals surface area contributed by atoms with E-state index in [1.54, 1.807) is 18.5 Å². The lowest BCUT2D eigenvalue weighted by atomic mass is 10.4. The molecule has 14 heavy (non-hydrogen) atoms. The molecule has 0 atom stereocenters. The Balaban J connectivity index is 2.51. The predicted molar refractivity (Wildman–Crippen MR) is 50.4 cm³/mol. The van der Waals surface area contributed by atoms with Gasteiger partial charge >= 0.3 is 0 Å². The molecule has 0 aliphatic carbocycles. The summed E-state index contributed by atoms with van der Waals surface area (Å²) in [5.41, 5.74) is 5.47. The van der Waals surface area contributed by atoms with Crippen molar-refractivity contribution in [2.45, 2.75) is 6.42 Å². The molecule has 6 heteroatoms. The van der Waals surface area contributed by atoms with Crippen molar-refractivity contribution >= 4 is 5.95 Å². The summed E-state index contributed by atoms with van der Waals surface area (Å²) in [6, 6.07) is 1.73. The molecular weight excluding hydrogens is 180 g/mol. The van der Waals surface area contributed by atoms with Gasteiger partial charge in [-0.05, 0) is 13.0 Å². The topological polar surface area (TPSA) is 82.5 Å². The Kier molecular flexibility index (Phi) is 2.10. The van der Waals surface area contributed by atoms with Crippen molar-refractivity contribution in [1.29, 1.82) is 0 Å². The van der Waals surface area contributed by atoms with E-state index in [9.17, 15) is 0 Å². The maximum atomic E-state index is 5.47. The second kappa shape index (κ2) is 3.41. The fraction of sp³-hybridized carbons (Fsp3) is 0.125. The van der Waals surface area contributed by atoms with Gasteiger partial charge in [0.2, 0.25) is 5.95 Å². The normalized spacial score (nSPS) is 10.4. The molecule has 0 aliphatic heterocycles. The van der Waals surface area contributed by atoms with Gasteiger partial charge in [0.1, 0.15) is 5.82 Å². The quantitative estimate of drug-likeness (QED) is 0.719. The van der Waals surface area contributed by atoms with Crippen LogP contribution in [-0.4, -0.2) is 24.7 Å². The third-order valence-corrected chi connectivity index (χ3v) is 1.66. The van der Waals surface area contributed by atoms with Crippen LogP contribution in [0.1, 0.15) is 5.82 Å². The van der Waals surface area contributed by atoms with Crippen molar-refractivity contribution in [2.75, 3.05) is 5.73 Å². The number of hydrogen-bond donors (Lipinski definition) is 1. The van der Waals surface area contributed by atoms with Crippen LogP contribution in [0, 0.1) is 6.92 Å². The molecular formula is C8H9N6. The van der Waals surface area contributed by atoms with Gasteiger partial charge in [0, 0.05) is 18.8 Å². The van der Waals surface area contributed by atoms with E-state index < -0.39 is 0 Å². The molecule has 6 nitrogen and oxygen atoms in total. The molecule has 0 amide bonds. The summed E-state index contributed by atoms with van der Waals surface area (Å²) in [5, 5.41) is 3.97. The number of rotatable bonds is 2. The van der Waals surface area contributed by atoms with Crippen molar-refractivity contribution in [3.63, 3.8) is 0 Å². The van der Waals surface area contributed by atoms with Crippen LogP contribution in [0.25, 0.3) is 5.95 Å². The van der Waals surface area contributed by atoms with Gasteiger partial charge in [0.25, 0.3) is 5.95 Å². The van der Waals surface area contributed by atoms with Crippen LogP contribution in [0.2, 0.25) is 0 Å². The Morgan fingerprint density at radius 1 is 1.36 bits per heavy atom. The molecule has 0 bridgehead atoms. The number of hydrogen-bond acceptors (Lipinski definition) is 5. The van der Waals surface area contributed by atoms with E-state index in [0.29, 0.717) is 18.2 Å². The zero-order valence-electron chi connectivity index (χ0n) is 7.46. The first-order valence-corrected chi connectivity index (χ1v) is 4.09. The maximum absolute atomic E-state index is 5.47. The van der Waals surface area contributed by atoms with E-state index >= 15 is 0 Å². The van der Waals surface area contributed by atoms with Gasteiger partial charge in [-0.3, -0.25) is 0 Å². The molecule has 0 fully saturated rings. The van der Waals surface area contributed by atoms with E-state index in [1.807, 2.05) is 0 Å². The highest BCUT2D eigenvalue weighted by molar-refractivity contribution is 5.20. The number of nitrogens with zero attached hydrogens (tertiary/aromatic N) is 5. The molecule has 0 aliphatic rings. The Morgan fingerprint density at radius 3 is 2.71 bits per heavy atom. The summed E-state index contributed by atoms with van der Waals surface area (Å²) in [6.07, 6.45) is 3.75. The standard InChI is InChI=1S/C8H9N6/c1-2-6-12-7(9)13-14(6)8-10-4-3-5-11-8/h3-5H,1-2H2,(H2,9,13). The molecule has 2 heterocycles. The highest BCUT2D eigenvalue weighted by atomic mass is 15.4. The molecule has 0 saturated heterocycles. The predicted octanol–water partition coefficient (Wildman–Crippen LogP) is 0.0161. The summed E-state index contributed by atoms with van der Waals surface area (Å²) in [7, 11) is 0. The minimum Gasteiger partial charge on any atom is -0.366 e. The number of nitrogen functional groups attached to an aromatic ring is 1. The first kappa shape index (κ1) is 8.61. The molecule has 2 aromatic rings. The van der Waals surface area contributed by atoms with Gasteiger partial charge in [-0.25, -0.2) is 9.97 Å². The summed E-state index contributed by atoms with van der Waals surface area (Å²) in [6.45, 7) is 3.72. The Bertz CT molecular complexity index is 421. The molecule has 2 aromatic heterocycles. The molecule has 71 valence electrons. The Labute approximate surface area is 80.8 Å². The lowest BCUT2D eigenvalue weighted by Crippen LogP contribution is -2.06. The second-order valence-electron chi connectivity index (χ2n) is 2.60. The van der Waals surface area contributed by atoms with Crippen LogP contribution < -0.4 is 5.73 Å². The van der Waals surface area contributed by atoms with E-state index in [2.05, 4.69) is 27.0 Å². The molecule has 0 spiro atoms. The molecule has 2 rings (SSSR count). The summed E-state index contributed by atoms with van der Waals surface area (Å²) in [5.74, 6) is 1.31. The third kappa shape index (κ3) is 1.41. The lowest BCUT2D eigenvalue weighted by Gasteiger charge is -1.99. The summed E-state index contributed by atoms with van der Waals surface area (Å²) in [4.78, 5) is 12.1. The fourth-order valence-electron chi connectivity index (χ4n) is 1.08. The van der Waals surface area contributed by atoms with Crippen molar-refractivity contribution in [3.8, 4) is 5.95 Å². The smallest absolute Gasteiger partial charge is 0.252 e. The van der Waals surface area contributed by atoms with Gasteiger partial charge < -0.3 is 5.73 Å². The largest absolute Gasteiger partial charge is 0.366 e. The number of aromatic nitrogens is 5. The monoisotopic (exact) mass is 189 g/mol.